The van der Waals surface area contributed by atoms with Crippen LogP contribution in [-0.2, 0) is 10.9 Å². The van der Waals surface area contributed by atoms with Crippen LogP contribution in [0.3, 0.4) is 0 Å². The first-order valence-corrected chi connectivity index (χ1v) is 4.44. The van der Waals surface area contributed by atoms with Crippen LogP contribution >= 0.6 is 0 Å². The highest BCUT2D eigenvalue weighted by atomic mass is 19.4. The van der Waals surface area contributed by atoms with Crippen molar-refractivity contribution in [3.05, 3.63) is 18.2 Å². The number of nitrogens with zero attached hydrogens (tertiary/aromatic N) is 2. The average Bonchev–Trinajstić information content (AvgIpc) is 2.46. The van der Waals surface area contributed by atoms with Crippen LogP contribution in [0.15, 0.2) is 12.5 Å². The summed E-state index contributed by atoms with van der Waals surface area (Å²) in [5, 5.41) is 0. The highest BCUT2D eigenvalue weighted by Crippen LogP contribution is 2.27. The number of carbonyl (C=O) groups excluding carboxylic acids is 1. The summed E-state index contributed by atoms with van der Waals surface area (Å²) in [5.74, 6) is 0. The molecule has 0 aliphatic carbocycles. The van der Waals surface area contributed by atoms with Gasteiger partial charge >= 0.3 is 12.3 Å². The van der Waals surface area contributed by atoms with Crippen molar-refractivity contribution in [2.24, 2.45) is 0 Å². The molecule has 0 fully saturated rings. The number of alkyl halides is 3. The molecule has 0 aliphatic heterocycles. The summed E-state index contributed by atoms with van der Waals surface area (Å²) < 4.78 is 42.1. The maximum Gasteiger partial charge on any atom is 0.434 e. The summed E-state index contributed by atoms with van der Waals surface area (Å²) in [6, 6.07) is 0. The summed E-state index contributed by atoms with van der Waals surface area (Å²) in [6.07, 6.45) is -4.09. The molecule has 0 unspecified atom stereocenters. The summed E-state index contributed by atoms with van der Waals surface area (Å²) in [6.45, 7) is 4.85. The number of rotatable bonds is 0. The largest absolute Gasteiger partial charge is 0.443 e. The van der Waals surface area contributed by atoms with Gasteiger partial charge in [0.05, 0.1) is 0 Å². The quantitative estimate of drug-likeness (QED) is 0.695. The number of hydrogen-bond acceptors (Lipinski definition) is 3. The molecule has 90 valence electrons. The SMILES string of the molecule is CC(C)(C)OC(=O)n1cnc(C(F)(F)F)c1. The molecule has 1 rings (SSSR count). The van der Waals surface area contributed by atoms with Crippen molar-refractivity contribution in [3.63, 3.8) is 0 Å². The number of hydrogen-bond donors (Lipinski definition) is 0. The van der Waals surface area contributed by atoms with Crippen LogP contribution in [0.25, 0.3) is 0 Å². The molecule has 0 saturated heterocycles. The van der Waals surface area contributed by atoms with E-state index >= 15 is 0 Å². The van der Waals surface area contributed by atoms with Crippen molar-refractivity contribution in [2.45, 2.75) is 32.5 Å². The fourth-order valence-corrected chi connectivity index (χ4v) is 0.884. The molecule has 1 aromatic rings. The van der Waals surface area contributed by atoms with Crippen molar-refractivity contribution in [1.82, 2.24) is 9.55 Å². The second kappa shape index (κ2) is 3.80. The molecule has 0 spiro atoms. The lowest BCUT2D eigenvalue weighted by Crippen LogP contribution is -2.26. The third-order valence-electron chi connectivity index (χ3n) is 1.48. The van der Waals surface area contributed by atoms with Crippen LogP contribution in [-0.4, -0.2) is 21.2 Å². The average molecular weight is 236 g/mol. The molecule has 7 heteroatoms. The molecule has 0 aromatic carbocycles. The molecule has 0 atom stereocenters. The van der Waals surface area contributed by atoms with E-state index in [9.17, 15) is 18.0 Å². The molecule has 0 amide bonds. The normalized spacial score (nSPS) is 12.6. The highest BCUT2D eigenvalue weighted by molar-refractivity contribution is 5.70. The molecule has 1 aromatic heterocycles. The topological polar surface area (TPSA) is 44.1 Å². The molecular formula is C9H11F3N2O2. The van der Waals surface area contributed by atoms with Crippen LogP contribution in [0, 0.1) is 0 Å². The van der Waals surface area contributed by atoms with Gasteiger partial charge in [0.25, 0.3) is 0 Å². The number of carbonyl (C=O) groups is 1. The van der Waals surface area contributed by atoms with Crippen molar-refractivity contribution in [2.75, 3.05) is 0 Å². The van der Waals surface area contributed by atoms with Gasteiger partial charge in [0.1, 0.15) is 11.9 Å². The van der Waals surface area contributed by atoms with Gasteiger partial charge in [-0.25, -0.2) is 14.3 Å². The van der Waals surface area contributed by atoms with Gasteiger partial charge in [0.2, 0.25) is 0 Å². The molecule has 0 saturated carbocycles. The van der Waals surface area contributed by atoms with E-state index in [1.54, 1.807) is 20.8 Å². The fraction of sp³-hybridized carbons (Fsp3) is 0.556. The van der Waals surface area contributed by atoms with Crippen LogP contribution in [0.5, 0.6) is 0 Å². The van der Waals surface area contributed by atoms with E-state index in [1.165, 1.54) is 0 Å². The van der Waals surface area contributed by atoms with Gasteiger partial charge in [-0.3, -0.25) is 0 Å². The van der Waals surface area contributed by atoms with Crippen LogP contribution in [0.2, 0.25) is 0 Å². The van der Waals surface area contributed by atoms with Crippen LogP contribution < -0.4 is 0 Å². The Hall–Kier alpha value is -1.53. The lowest BCUT2D eigenvalue weighted by Gasteiger charge is -2.19. The minimum atomic E-state index is -4.56. The maximum atomic E-state index is 12.2. The predicted molar refractivity (Wildman–Crippen MR) is 48.9 cm³/mol. The van der Waals surface area contributed by atoms with E-state index in [2.05, 4.69) is 4.98 Å². The first kappa shape index (κ1) is 12.5. The summed E-state index contributed by atoms with van der Waals surface area (Å²) in [5.41, 5.74) is -1.89. The van der Waals surface area contributed by atoms with E-state index < -0.39 is 23.6 Å². The van der Waals surface area contributed by atoms with E-state index in [1.807, 2.05) is 0 Å². The third kappa shape index (κ3) is 3.25. The molecular weight excluding hydrogens is 225 g/mol. The first-order chi connectivity index (χ1) is 7.09. The second-order valence-electron chi connectivity index (χ2n) is 4.14. The van der Waals surface area contributed by atoms with Crippen molar-refractivity contribution in [3.8, 4) is 0 Å². The zero-order chi connectivity index (χ0) is 12.6. The Morgan fingerprint density at radius 2 is 1.94 bits per heavy atom. The van der Waals surface area contributed by atoms with E-state index in [4.69, 9.17) is 4.74 Å². The molecule has 4 nitrogen and oxygen atoms in total. The molecule has 0 radical (unpaired) electrons. The standard InChI is InChI=1S/C9H11F3N2O2/c1-8(2,3)16-7(15)14-4-6(13-5-14)9(10,11)12/h4-5H,1-3H3. The number of ether oxygens (including phenoxy) is 1. The van der Waals surface area contributed by atoms with Crippen molar-refractivity contribution < 1.29 is 22.7 Å². The van der Waals surface area contributed by atoms with Gasteiger partial charge in [-0.15, -0.1) is 0 Å². The lowest BCUT2D eigenvalue weighted by molar-refractivity contribution is -0.140. The predicted octanol–water partition coefficient (Wildman–Crippen LogP) is 2.69. The number of aromatic nitrogens is 2. The molecule has 16 heavy (non-hydrogen) atoms. The molecule has 1 heterocycles. The van der Waals surface area contributed by atoms with E-state index in [0.29, 0.717) is 10.8 Å². The monoisotopic (exact) mass is 236 g/mol. The Kier molecular flexibility index (Phi) is 2.98. The zero-order valence-electron chi connectivity index (χ0n) is 9.00. The third-order valence-corrected chi connectivity index (χ3v) is 1.48. The van der Waals surface area contributed by atoms with E-state index in [-0.39, 0.29) is 0 Å². The van der Waals surface area contributed by atoms with Crippen LogP contribution in [0.1, 0.15) is 26.5 Å². The number of imidazole rings is 1. The minimum Gasteiger partial charge on any atom is -0.443 e. The number of halogens is 3. The second-order valence-corrected chi connectivity index (χ2v) is 4.14. The van der Waals surface area contributed by atoms with Gasteiger partial charge in [0.15, 0.2) is 5.69 Å². The van der Waals surface area contributed by atoms with Gasteiger partial charge in [-0.2, -0.15) is 13.2 Å². The minimum absolute atomic E-state index is 0.591. The smallest absolute Gasteiger partial charge is 0.434 e. The van der Waals surface area contributed by atoms with E-state index in [0.717, 1.165) is 6.33 Å². The Morgan fingerprint density at radius 1 is 1.38 bits per heavy atom. The summed E-state index contributed by atoms with van der Waals surface area (Å²) in [7, 11) is 0. The summed E-state index contributed by atoms with van der Waals surface area (Å²) >= 11 is 0. The summed E-state index contributed by atoms with van der Waals surface area (Å²) in [4.78, 5) is 14.4. The van der Waals surface area contributed by atoms with Gasteiger partial charge in [-0.05, 0) is 20.8 Å². The molecule has 0 N–H and O–H groups in total. The van der Waals surface area contributed by atoms with Crippen LogP contribution in [0.4, 0.5) is 18.0 Å². The highest BCUT2D eigenvalue weighted by Gasteiger charge is 2.34. The molecule has 0 bridgehead atoms. The molecule has 0 aliphatic rings. The van der Waals surface area contributed by atoms with Gasteiger partial charge in [-0.1, -0.05) is 0 Å². The fourth-order valence-electron chi connectivity index (χ4n) is 0.884. The maximum absolute atomic E-state index is 12.2. The first-order valence-electron chi connectivity index (χ1n) is 4.44. The Labute approximate surface area is 90.0 Å². The van der Waals surface area contributed by atoms with Gasteiger partial charge in [0, 0.05) is 6.20 Å². The lowest BCUT2D eigenvalue weighted by atomic mass is 10.2. The zero-order valence-corrected chi connectivity index (χ0v) is 9.00. The van der Waals surface area contributed by atoms with Crippen molar-refractivity contribution >= 4 is 6.09 Å². The van der Waals surface area contributed by atoms with Gasteiger partial charge < -0.3 is 4.74 Å². The van der Waals surface area contributed by atoms with Crippen molar-refractivity contribution in [1.29, 1.82) is 0 Å². The Bertz CT molecular complexity index is 390. The Balaban J connectivity index is 2.83. The Morgan fingerprint density at radius 3 is 2.31 bits per heavy atom.